The smallest absolute Gasteiger partial charge is 0.258 e. The lowest BCUT2D eigenvalue weighted by Crippen LogP contribution is -2.32. The van der Waals surface area contributed by atoms with Crippen LogP contribution in [0.25, 0.3) is 5.95 Å². The first-order chi connectivity index (χ1) is 10.2. The molecule has 112 valence electrons. The molecular weight excluding hydrogens is 270 g/mol. The van der Waals surface area contributed by atoms with Crippen molar-refractivity contribution < 1.29 is 0 Å². The van der Waals surface area contributed by atoms with E-state index in [0.717, 1.165) is 13.1 Å². The van der Waals surface area contributed by atoms with Gasteiger partial charge in [-0.25, -0.2) is 4.98 Å². The minimum absolute atomic E-state index is 0.179. The third-order valence-corrected chi connectivity index (χ3v) is 3.54. The van der Waals surface area contributed by atoms with Crippen molar-refractivity contribution >= 4 is 11.9 Å². The fourth-order valence-corrected chi connectivity index (χ4v) is 2.35. The van der Waals surface area contributed by atoms with Gasteiger partial charge in [0, 0.05) is 20.1 Å². The van der Waals surface area contributed by atoms with Crippen LogP contribution in [0.15, 0.2) is 12.7 Å². The van der Waals surface area contributed by atoms with Gasteiger partial charge in [-0.3, -0.25) is 0 Å². The van der Waals surface area contributed by atoms with E-state index in [0.29, 0.717) is 11.9 Å². The van der Waals surface area contributed by atoms with Crippen molar-refractivity contribution in [2.45, 2.75) is 12.8 Å². The first-order valence-electron chi connectivity index (χ1n) is 7.02. The summed E-state index contributed by atoms with van der Waals surface area (Å²) in [5.74, 6) is 1.11. The van der Waals surface area contributed by atoms with Crippen LogP contribution in [0.1, 0.15) is 12.8 Å². The highest BCUT2D eigenvalue weighted by atomic mass is 15.4. The van der Waals surface area contributed by atoms with E-state index in [1.165, 1.54) is 43.3 Å². The topological polar surface area (TPSA) is 102 Å². The fraction of sp³-hybridized carbons (Fsp3) is 0.583. The van der Waals surface area contributed by atoms with Gasteiger partial charge in [0.15, 0.2) is 0 Å². The Morgan fingerprint density at radius 3 is 2.76 bits per heavy atom. The minimum atomic E-state index is 0.179. The summed E-state index contributed by atoms with van der Waals surface area (Å²) in [5, 5.41) is 4.01. The molecule has 9 nitrogen and oxygen atoms in total. The van der Waals surface area contributed by atoms with Crippen LogP contribution in [-0.2, 0) is 0 Å². The number of nitrogens with zero attached hydrogens (tertiary/aromatic N) is 8. The molecule has 0 spiro atoms. The maximum absolute atomic E-state index is 5.76. The van der Waals surface area contributed by atoms with Crippen molar-refractivity contribution in [3.8, 4) is 5.95 Å². The molecule has 0 atom stereocenters. The van der Waals surface area contributed by atoms with E-state index < -0.39 is 0 Å². The van der Waals surface area contributed by atoms with Gasteiger partial charge in [0.2, 0.25) is 11.9 Å². The molecular formula is C12H19N9. The third-order valence-electron chi connectivity index (χ3n) is 3.54. The Kier molecular flexibility index (Phi) is 3.91. The Balaban J connectivity index is 1.71. The predicted molar refractivity (Wildman–Crippen MR) is 78.1 cm³/mol. The number of aromatic nitrogens is 6. The lowest BCUT2D eigenvalue weighted by Gasteiger charge is -2.21. The van der Waals surface area contributed by atoms with E-state index in [-0.39, 0.29) is 5.95 Å². The van der Waals surface area contributed by atoms with Crippen LogP contribution in [0.2, 0.25) is 0 Å². The maximum Gasteiger partial charge on any atom is 0.258 e. The number of anilines is 2. The molecule has 0 aromatic carbocycles. The van der Waals surface area contributed by atoms with Gasteiger partial charge in [-0.15, -0.1) is 0 Å². The average Bonchev–Trinajstić information content (AvgIpc) is 3.17. The molecule has 0 radical (unpaired) electrons. The highest BCUT2D eigenvalue weighted by molar-refractivity contribution is 5.36. The third kappa shape index (κ3) is 3.24. The van der Waals surface area contributed by atoms with Crippen molar-refractivity contribution in [1.29, 1.82) is 0 Å². The molecule has 2 aromatic heterocycles. The summed E-state index contributed by atoms with van der Waals surface area (Å²) in [6.07, 6.45) is 5.54. The molecule has 3 rings (SSSR count). The Labute approximate surface area is 122 Å². The molecule has 9 heteroatoms. The number of rotatable bonds is 5. The molecule has 0 bridgehead atoms. The quantitative estimate of drug-likeness (QED) is 0.791. The molecule has 3 heterocycles. The summed E-state index contributed by atoms with van der Waals surface area (Å²) >= 11 is 0. The number of nitrogens with two attached hydrogens (primary N) is 1. The van der Waals surface area contributed by atoms with E-state index in [1.807, 2.05) is 11.9 Å². The molecule has 1 aliphatic heterocycles. The van der Waals surface area contributed by atoms with Gasteiger partial charge in [0.1, 0.15) is 12.7 Å². The molecule has 2 aromatic rings. The monoisotopic (exact) mass is 289 g/mol. The highest BCUT2D eigenvalue weighted by Gasteiger charge is 2.14. The summed E-state index contributed by atoms with van der Waals surface area (Å²) in [6, 6.07) is 0. The van der Waals surface area contributed by atoms with Crippen molar-refractivity contribution in [1.82, 2.24) is 34.6 Å². The van der Waals surface area contributed by atoms with Crippen molar-refractivity contribution in [3.05, 3.63) is 12.7 Å². The molecule has 0 aliphatic carbocycles. The molecule has 2 N–H and O–H groups in total. The lowest BCUT2D eigenvalue weighted by atomic mass is 10.4. The highest BCUT2D eigenvalue weighted by Crippen LogP contribution is 2.11. The number of likely N-dealkylation sites (N-methyl/N-ethyl adjacent to an activating group) is 1. The van der Waals surface area contributed by atoms with E-state index >= 15 is 0 Å². The number of likely N-dealkylation sites (tertiary alicyclic amines) is 1. The predicted octanol–water partition coefficient (Wildman–Crippen LogP) is -0.433. The second-order valence-electron chi connectivity index (χ2n) is 5.10. The first-order valence-corrected chi connectivity index (χ1v) is 7.02. The lowest BCUT2D eigenvalue weighted by molar-refractivity contribution is 0.346. The van der Waals surface area contributed by atoms with Crippen molar-refractivity contribution in [3.63, 3.8) is 0 Å². The van der Waals surface area contributed by atoms with E-state index in [4.69, 9.17) is 5.73 Å². The van der Waals surface area contributed by atoms with Gasteiger partial charge >= 0.3 is 0 Å². The van der Waals surface area contributed by atoms with Crippen LogP contribution in [-0.4, -0.2) is 67.8 Å². The van der Waals surface area contributed by atoms with Gasteiger partial charge in [-0.05, 0) is 25.9 Å². The zero-order valence-electron chi connectivity index (χ0n) is 12.1. The number of nitrogen functional groups attached to an aromatic ring is 1. The summed E-state index contributed by atoms with van der Waals surface area (Å²) in [5.41, 5.74) is 5.76. The minimum Gasteiger partial charge on any atom is -0.368 e. The van der Waals surface area contributed by atoms with Gasteiger partial charge in [0.25, 0.3) is 5.95 Å². The van der Waals surface area contributed by atoms with Gasteiger partial charge in [0.05, 0.1) is 0 Å². The van der Waals surface area contributed by atoms with Crippen LogP contribution < -0.4 is 10.6 Å². The van der Waals surface area contributed by atoms with E-state index in [9.17, 15) is 0 Å². The summed E-state index contributed by atoms with van der Waals surface area (Å²) in [4.78, 5) is 21.0. The largest absolute Gasteiger partial charge is 0.368 e. The summed E-state index contributed by atoms with van der Waals surface area (Å²) in [7, 11) is 1.95. The first kappa shape index (κ1) is 13.7. The molecule has 1 saturated heterocycles. The zero-order chi connectivity index (χ0) is 14.7. The van der Waals surface area contributed by atoms with Crippen LogP contribution in [0.3, 0.4) is 0 Å². The van der Waals surface area contributed by atoms with Gasteiger partial charge in [-0.1, -0.05) is 0 Å². The second-order valence-corrected chi connectivity index (χ2v) is 5.10. The summed E-state index contributed by atoms with van der Waals surface area (Å²) in [6.45, 7) is 4.20. The average molecular weight is 289 g/mol. The van der Waals surface area contributed by atoms with E-state index in [2.05, 4.69) is 29.9 Å². The Hall–Kier alpha value is -2.29. The maximum atomic E-state index is 5.76. The molecule has 21 heavy (non-hydrogen) atoms. The number of hydrogen-bond acceptors (Lipinski definition) is 8. The molecule has 1 fully saturated rings. The summed E-state index contributed by atoms with van der Waals surface area (Å²) < 4.78 is 1.47. The van der Waals surface area contributed by atoms with Crippen LogP contribution in [0, 0.1) is 0 Å². The Bertz CT molecular complexity index is 576. The van der Waals surface area contributed by atoms with Crippen molar-refractivity contribution in [2.75, 3.05) is 43.9 Å². The van der Waals surface area contributed by atoms with Crippen LogP contribution in [0.4, 0.5) is 11.9 Å². The Morgan fingerprint density at radius 1 is 1.24 bits per heavy atom. The molecule has 1 aliphatic rings. The SMILES string of the molecule is CN(CCN1CCCC1)c1nc(N)nc(-n2cncn2)n1. The van der Waals surface area contributed by atoms with Gasteiger partial charge in [-0.2, -0.15) is 24.7 Å². The van der Waals surface area contributed by atoms with Crippen molar-refractivity contribution in [2.24, 2.45) is 0 Å². The fourth-order valence-electron chi connectivity index (χ4n) is 2.35. The van der Waals surface area contributed by atoms with Gasteiger partial charge < -0.3 is 15.5 Å². The second kappa shape index (κ2) is 6.00. The Morgan fingerprint density at radius 2 is 2.05 bits per heavy atom. The number of hydrogen-bond donors (Lipinski definition) is 1. The van der Waals surface area contributed by atoms with E-state index in [1.54, 1.807) is 0 Å². The van der Waals surface area contributed by atoms with Crippen LogP contribution in [0.5, 0.6) is 0 Å². The molecule has 0 unspecified atom stereocenters. The molecule has 0 saturated carbocycles. The molecule has 0 amide bonds. The zero-order valence-corrected chi connectivity index (χ0v) is 12.1. The van der Waals surface area contributed by atoms with Crippen LogP contribution >= 0.6 is 0 Å². The standard InChI is InChI=1S/C12H19N9/c1-19(6-7-20-4-2-3-5-20)11-16-10(13)17-12(18-11)21-9-14-8-15-21/h8-9H,2-7H2,1H3,(H2,13,16,17,18). The normalized spacial score (nSPS) is 15.5.